The lowest BCUT2D eigenvalue weighted by Crippen LogP contribution is -2.33. The minimum absolute atomic E-state index is 0. The maximum atomic E-state index is 5.71. The Morgan fingerprint density at radius 2 is 2.28 bits per heavy atom. The summed E-state index contributed by atoms with van der Waals surface area (Å²) in [5.74, 6) is 0.472. The molecule has 0 aromatic carbocycles. The fourth-order valence-corrected chi connectivity index (χ4v) is 1.38. The van der Waals surface area contributed by atoms with Crippen LogP contribution < -0.4 is 11.1 Å². The summed E-state index contributed by atoms with van der Waals surface area (Å²) in [6.07, 6.45) is 4.59. The maximum Gasteiger partial charge on any atom is 0.188 e. The van der Waals surface area contributed by atoms with E-state index in [-0.39, 0.29) is 24.0 Å². The van der Waals surface area contributed by atoms with Gasteiger partial charge in [0.1, 0.15) is 0 Å². The SMILES string of the molecule is C=C(C)CN=C(N)NCCc1ccncc1C.I. The molecule has 0 fully saturated rings. The molecule has 1 heterocycles. The van der Waals surface area contributed by atoms with Gasteiger partial charge in [-0.3, -0.25) is 4.98 Å². The number of nitrogens with zero attached hydrogens (tertiary/aromatic N) is 2. The highest BCUT2D eigenvalue weighted by Crippen LogP contribution is 2.04. The molecule has 0 unspecified atom stereocenters. The van der Waals surface area contributed by atoms with Gasteiger partial charge < -0.3 is 11.1 Å². The summed E-state index contributed by atoms with van der Waals surface area (Å²) in [6.45, 7) is 9.10. The number of aryl methyl sites for hydroxylation is 1. The monoisotopic (exact) mass is 360 g/mol. The first-order valence-corrected chi connectivity index (χ1v) is 5.67. The van der Waals surface area contributed by atoms with Gasteiger partial charge in [-0.15, -0.1) is 24.0 Å². The summed E-state index contributed by atoms with van der Waals surface area (Å²) in [4.78, 5) is 8.21. The summed E-state index contributed by atoms with van der Waals surface area (Å²) in [6, 6.07) is 2.03. The van der Waals surface area contributed by atoms with Crippen molar-refractivity contribution in [3.63, 3.8) is 0 Å². The molecular weight excluding hydrogens is 339 g/mol. The van der Waals surface area contributed by atoms with E-state index in [9.17, 15) is 0 Å². The first-order chi connectivity index (χ1) is 8.09. The summed E-state index contributed by atoms with van der Waals surface area (Å²) in [5, 5.41) is 3.08. The number of guanidine groups is 1. The highest BCUT2D eigenvalue weighted by molar-refractivity contribution is 14.0. The number of aliphatic imine (C=N–C) groups is 1. The van der Waals surface area contributed by atoms with Crippen LogP contribution >= 0.6 is 24.0 Å². The fraction of sp³-hybridized carbons (Fsp3) is 0.385. The van der Waals surface area contributed by atoms with Crippen LogP contribution in [-0.2, 0) is 6.42 Å². The standard InChI is InChI=1S/C13H20N4.HI/c1-10(2)8-17-13(14)16-7-5-12-4-6-15-9-11(12)3;/h4,6,9H,1,5,7-8H2,2-3H3,(H3,14,16,17);1H. The number of nitrogens with two attached hydrogens (primary N) is 1. The van der Waals surface area contributed by atoms with E-state index < -0.39 is 0 Å². The van der Waals surface area contributed by atoms with E-state index in [2.05, 4.69) is 28.8 Å². The third kappa shape index (κ3) is 6.58. The van der Waals surface area contributed by atoms with Crippen molar-refractivity contribution >= 4 is 29.9 Å². The molecule has 0 bridgehead atoms. The lowest BCUT2D eigenvalue weighted by atomic mass is 10.1. The molecule has 18 heavy (non-hydrogen) atoms. The van der Waals surface area contributed by atoms with Gasteiger partial charge in [0, 0.05) is 18.9 Å². The largest absolute Gasteiger partial charge is 0.370 e. The Morgan fingerprint density at radius 1 is 1.56 bits per heavy atom. The van der Waals surface area contributed by atoms with Gasteiger partial charge in [-0.1, -0.05) is 12.2 Å². The van der Waals surface area contributed by atoms with Gasteiger partial charge in [0.05, 0.1) is 6.54 Å². The van der Waals surface area contributed by atoms with E-state index in [0.717, 1.165) is 18.5 Å². The van der Waals surface area contributed by atoms with Crippen molar-refractivity contribution in [2.24, 2.45) is 10.7 Å². The van der Waals surface area contributed by atoms with Crippen molar-refractivity contribution in [1.29, 1.82) is 0 Å². The van der Waals surface area contributed by atoms with E-state index >= 15 is 0 Å². The number of halogens is 1. The Morgan fingerprint density at radius 3 is 2.89 bits per heavy atom. The van der Waals surface area contributed by atoms with Crippen LogP contribution in [0.25, 0.3) is 0 Å². The molecule has 0 amide bonds. The van der Waals surface area contributed by atoms with E-state index in [1.54, 1.807) is 6.20 Å². The topological polar surface area (TPSA) is 63.3 Å². The smallest absolute Gasteiger partial charge is 0.188 e. The van der Waals surface area contributed by atoms with E-state index in [1.807, 2.05) is 19.2 Å². The first-order valence-electron chi connectivity index (χ1n) is 5.67. The molecule has 100 valence electrons. The Kier molecular flexibility index (Phi) is 8.36. The van der Waals surface area contributed by atoms with E-state index in [4.69, 9.17) is 5.73 Å². The van der Waals surface area contributed by atoms with Gasteiger partial charge in [-0.25, -0.2) is 4.99 Å². The van der Waals surface area contributed by atoms with Crippen molar-refractivity contribution in [3.8, 4) is 0 Å². The number of nitrogens with one attached hydrogen (secondary N) is 1. The van der Waals surface area contributed by atoms with Crippen LogP contribution in [0.3, 0.4) is 0 Å². The predicted molar refractivity (Wildman–Crippen MR) is 87.4 cm³/mol. The van der Waals surface area contributed by atoms with Crippen LogP contribution in [0.15, 0.2) is 35.6 Å². The zero-order valence-corrected chi connectivity index (χ0v) is 13.3. The minimum Gasteiger partial charge on any atom is -0.370 e. The minimum atomic E-state index is 0. The van der Waals surface area contributed by atoms with Gasteiger partial charge in [0.2, 0.25) is 0 Å². The molecule has 0 aliphatic rings. The van der Waals surface area contributed by atoms with Gasteiger partial charge in [0.15, 0.2) is 5.96 Å². The third-order valence-electron chi connectivity index (χ3n) is 2.36. The molecule has 0 spiro atoms. The van der Waals surface area contributed by atoms with Crippen LogP contribution in [0.5, 0.6) is 0 Å². The van der Waals surface area contributed by atoms with Crippen molar-refractivity contribution in [3.05, 3.63) is 41.7 Å². The fourth-order valence-electron chi connectivity index (χ4n) is 1.38. The van der Waals surface area contributed by atoms with Gasteiger partial charge in [-0.2, -0.15) is 0 Å². The van der Waals surface area contributed by atoms with Crippen molar-refractivity contribution < 1.29 is 0 Å². The molecule has 0 radical (unpaired) electrons. The second kappa shape index (κ2) is 8.91. The van der Waals surface area contributed by atoms with Gasteiger partial charge in [-0.05, 0) is 37.5 Å². The molecule has 1 aromatic rings. The summed E-state index contributed by atoms with van der Waals surface area (Å²) >= 11 is 0. The number of aromatic nitrogens is 1. The van der Waals surface area contributed by atoms with Crippen LogP contribution in [-0.4, -0.2) is 24.0 Å². The third-order valence-corrected chi connectivity index (χ3v) is 2.36. The van der Waals surface area contributed by atoms with Crippen molar-refractivity contribution in [2.75, 3.05) is 13.1 Å². The van der Waals surface area contributed by atoms with Crippen LogP contribution in [0.2, 0.25) is 0 Å². The number of hydrogen-bond donors (Lipinski definition) is 2. The molecule has 4 nitrogen and oxygen atoms in total. The molecule has 0 aliphatic carbocycles. The van der Waals surface area contributed by atoms with Crippen LogP contribution in [0.4, 0.5) is 0 Å². The molecule has 0 atom stereocenters. The van der Waals surface area contributed by atoms with Gasteiger partial charge >= 0.3 is 0 Å². The molecule has 1 aromatic heterocycles. The van der Waals surface area contributed by atoms with Crippen molar-refractivity contribution in [2.45, 2.75) is 20.3 Å². The summed E-state index contributed by atoms with van der Waals surface area (Å²) < 4.78 is 0. The van der Waals surface area contributed by atoms with E-state index in [0.29, 0.717) is 12.5 Å². The van der Waals surface area contributed by atoms with Gasteiger partial charge in [0.25, 0.3) is 0 Å². The first kappa shape index (κ1) is 16.9. The Bertz CT molecular complexity index is 415. The van der Waals surface area contributed by atoms with Crippen LogP contribution in [0.1, 0.15) is 18.1 Å². The highest BCUT2D eigenvalue weighted by atomic mass is 127. The average Bonchev–Trinajstić information content (AvgIpc) is 2.29. The zero-order valence-electron chi connectivity index (χ0n) is 10.9. The molecule has 0 saturated heterocycles. The van der Waals surface area contributed by atoms with Crippen LogP contribution in [0, 0.1) is 6.92 Å². The average molecular weight is 360 g/mol. The summed E-state index contributed by atoms with van der Waals surface area (Å²) in [7, 11) is 0. The second-order valence-corrected chi connectivity index (χ2v) is 4.14. The second-order valence-electron chi connectivity index (χ2n) is 4.14. The maximum absolute atomic E-state index is 5.71. The normalized spacial score (nSPS) is 10.7. The van der Waals surface area contributed by atoms with Crippen molar-refractivity contribution in [1.82, 2.24) is 10.3 Å². The number of hydrogen-bond acceptors (Lipinski definition) is 2. The highest BCUT2D eigenvalue weighted by Gasteiger charge is 1.97. The predicted octanol–water partition coefficient (Wildman–Crippen LogP) is 2.03. The lowest BCUT2D eigenvalue weighted by Gasteiger charge is -2.07. The molecule has 1 rings (SSSR count). The Hall–Kier alpha value is -1.11. The molecule has 3 N–H and O–H groups in total. The molecule has 5 heteroatoms. The number of pyridine rings is 1. The molecule has 0 saturated carbocycles. The lowest BCUT2D eigenvalue weighted by molar-refractivity contribution is 0.845. The van der Waals surface area contributed by atoms with E-state index in [1.165, 1.54) is 11.1 Å². The molecular formula is C13H21IN4. The quantitative estimate of drug-likeness (QED) is 0.366. The molecule has 0 aliphatic heterocycles. The zero-order chi connectivity index (χ0) is 12.7. The Labute approximate surface area is 126 Å². The number of rotatable bonds is 5. The Balaban J connectivity index is 0.00000289. The summed E-state index contributed by atoms with van der Waals surface area (Å²) in [5.41, 5.74) is 9.19.